The number of carbonyl (C=O) groups is 3. The summed E-state index contributed by atoms with van der Waals surface area (Å²) in [4.78, 5) is 39.7. The van der Waals surface area contributed by atoms with Crippen LogP contribution in [-0.4, -0.2) is 53.5 Å². The summed E-state index contributed by atoms with van der Waals surface area (Å²) in [6.07, 6.45) is 19.1. The number of rotatable bonds is 22. The van der Waals surface area contributed by atoms with Crippen molar-refractivity contribution in [2.75, 3.05) is 13.2 Å². The second-order valence-corrected chi connectivity index (χ2v) is 14.2. The number of carboxylic acid groups (broad SMARTS) is 1. The number of ether oxygens (including phenoxy) is 2. The summed E-state index contributed by atoms with van der Waals surface area (Å²) in [7, 11) is 0. The third kappa shape index (κ3) is 13.2. The van der Waals surface area contributed by atoms with E-state index in [0.717, 1.165) is 37.7 Å². The van der Waals surface area contributed by atoms with Gasteiger partial charge in [-0.05, 0) is 51.5 Å². The lowest BCUT2D eigenvalue weighted by atomic mass is 9.79. The van der Waals surface area contributed by atoms with Crippen LogP contribution in [0, 0.1) is 5.41 Å². The maximum absolute atomic E-state index is 13.4. The number of hydrogen-bond donors (Lipinski definition) is 3. The van der Waals surface area contributed by atoms with E-state index in [1.807, 2.05) is 44.2 Å². The van der Waals surface area contributed by atoms with Gasteiger partial charge in [0.05, 0.1) is 13.2 Å². The van der Waals surface area contributed by atoms with E-state index in [1.165, 1.54) is 44.9 Å². The molecule has 46 heavy (non-hydrogen) atoms. The molecule has 3 N–H and O–H groups in total. The molecule has 0 spiro atoms. The van der Waals surface area contributed by atoms with Crippen molar-refractivity contribution in [2.45, 2.75) is 155 Å². The lowest BCUT2D eigenvalue weighted by molar-refractivity contribution is -0.304. The molecule has 1 fully saturated rings. The second kappa shape index (κ2) is 19.8. The van der Waals surface area contributed by atoms with E-state index in [-0.39, 0.29) is 18.9 Å². The average molecular weight is 643 g/mol. The molecule has 0 saturated carbocycles. The Bertz CT molecular complexity index is 1090. The largest absolute Gasteiger partial charge is 0.479 e. The monoisotopic (exact) mass is 642 g/mol. The molecule has 2 amide bonds. The molecule has 3 unspecified atom stereocenters. The Labute approximate surface area is 278 Å². The van der Waals surface area contributed by atoms with E-state index >= 15 is 0 Å². The van der Waals surface area contributed by atoms with Crippen molar-refractivity contribution >= 4 is 17.8 Å². The van der Waals surface area contributed by atoms with E-state index in [1.54, 1.807) is 20.8 Å². The number of hydrogen-bond acceptors (Lipinski definition) is 5. The van der Waals surface area contributed by atoms with Crippen molar-refractivity contribution in [2.24, 2.45) is 5.41 Å². The van der Waals surface area contributed by atoms with Crippen LogP contribution in [0.1, 0.15) is 143 Å². The fourth-order valence-corrected chi connectivity index (χ4v) is 5.95. The highest BCUT2D eigenvalue weighted by Crippen LogP contribution is 2.35. The SMILES string of the molecule is CCCCCCCC/C=C\CCCCCCCC(=O)NC(CNC(=O)C1OC(C)(C)OCC1(C)C)(C(=O)O)C(C)c1ccccc1. The molecule has 0 aromatic heterocycles. The number of aliphatic carboxylic acids is 1. The van der Waals surface area contributed by atoms with Crippen molar-refractivity contribution in [3.05, 3.63) is 48.0 Å². The number of unbranched alkanes of at least 4 members (excludes halogenated alkanes) is 11. The van der Waals surface area contributed by atoms with Crippen LogP contribution in [-0.2, 0) is 23.9 Å². The Hall–Kier alpha value is -2.71. The van der Waals surface area contributed by atoms with Crippen LogP contribution in [0.3, 0.4) is 0 Å². The molecule has 1 aromatic carbocycles. The minimum atomic E-state index is -1.75. The van der Waals surface area contributed by atoms with Crippen LogP contribution in [0.4, 0.5) is 0 Å². The highest BCUT2D eigenvalue weighted by molar-refractivity contribution is 5.90. The lowest BCUT2D eigenvalue weighted by Crippen LogP contribution is -2.65. The topological polar surface area (TPSA) is 114 Å². The van der Waals surface area contributed by atoms with Gasteiger partial charge in [-0.2, -0.15) is 0 Å². The van der Waals surface area contributed by atoms with Gasteiger partial charge >= 0.3 is 5.97 Å². The third-order valence-electron chi connectivity index (χ3n) is 9.13. The summed E-state index contributed by atoms with van der Waals surface area (Å²) in [5.41, 5.74) is -1.62. The Kier molecular flexibility index (Phi) is 17.0. The van der Waals surface area contributed by atoms with Crippen LogP contribution in [0.2, 0.25) is 0 Å². The molecule has 1 aromatic rings. The molecule has 1 heterocycles. The number of nitrogens with one attached hydrogen (secondary N) is 2. The predicted molar refractivity (Wildman–Crippen MR) is 185 cm³/mol. The molecule has 0 radical (unpaired) electrons. The van der Waals surface area contributed by atoms with Crippen LogP contribution < -0.4 is 10.6 Å². The molecular formula is C38H62N2O6. The summed E-state index contributed by atoms with van der Waals surface area (Å²) >= 11 is 0. The Morgan fingerprint density at radius 3 is 2.07 bits per heavy atom. The van der Waals surface area contributed by atoms with E-state index in [9.17, 15) is 19.5 Å². The van der Waals surface area contributed by atoms with Gasteiger partial charge in [0.15, 0.2) is 11.3 Å². The fraction of sp³-hybridized carbons (Fsp3) is 0.711. The molecule has 3 atom stereocenters. The maximum Gasteiger partial charge on any atom is 0.331 e. The zero-order valence-corrected chi connectivity index (χ0v) is 29.5. The van der Waals surface area contributed by atoms with Crippen molar-refractivity contribution in [3.8, 4) is 0 Å². The van der Waals surface area contributed by atoms with Crippen LogP contribution in [0.25, 0.3) is 0 Å². The fourth-order valence-electron chi connectivity index (χ4n) is 5.95. The molecule has 8 heteroatoms. The Morgan fingerprint density at radius 2 is 1.48 bits per heavy atom. The summed E-state index contributed by atoms with van der Waals surface area (Å²) < 4.78 is 11.7. The van der Waals surface area contributed by atoms with E-state index in [0.29, 0.717) is 13.0 Å². The number of carboxylic acids is 1. The van der Waals surface area contributed by atoms with Gasteiger partial charge in [0.1, 0.15) is 6.10 Å². The highest BCUT2D eigenvalue weighted by atomic mass is 16.7. The molecule has 0 aliphatic carbocycles. The molecule has 8 nitrogen and oxygen atoms in total. The first-order valence-electron chi connectivity index (χ1n) is 17.7. The zero-order valence-electron chi connectivity index (χ0n) is 29.5. The van der Waals surface area contributed by atoms with Crippen LogP contribution in [0.15, 0.2) is 42.5 Å². The smallest absolute Gasteiger partial charge is 0.331 e. The summed E-state index contributed by atoms with van der Waals surface area (Å²) in [5.74, 6) is -3.53. The molecule has 1 aliphatic heterocycles. The average Bonchev–Trinajstić information content (AvgIpc) is 3.02. The van der Waals surface area contributed by atoms with Gasteiger partial charge in [0.25, 0.3) is 0 Å². The highest BCUT2D eigenvalue weighted by Gasteiger charge is 2.49. The lowest BCUT2D eigenvalue weighted by Gasteiger charge is -2.45. The van der Waals surface area contributed by atoms with Crippen molar-refractivity contribution < 1.29 is 29.0 Å². The van der Waals surface area contributed by atoms with Gasteiger partial charge in [0.2, 0.25) is 11.8 Å². The maximum atomic E-state index is 13.4. The van der Waals surface area contributed by atoms with Gasteiger partial charge < -0.3 is 25.2 Å². The van der Waals surface area contributed by atoms with Crippen LogP contribution in [0.5, 0.6) is 0 Å². The predicted octanol–water partition coefficient (Wildman–Crippen LogP) is 8.06. The number of benzene rings is 1. The third-order valence-corrected chi connectivity index (χ3v) is 9.13. The van der Waals surface area contributed by atoms with Gasteiger partial charge in [-0.25, -0.2) is 4.79 Å². The summed E-state index contributed by atoms with van der Waals surface area (Å²) in [5, 5.41) is 16.3. The van der Waals surface area contributed by atoms with Gasteiger partial charge in [-0.1, -0.05) is 122 Å². The van der Waals surface area contributed by atoms with Crippen molar-refractivity contribution in [1.29, 1.82) is 0 Å². The normalized spacial score (nSPS) is 19.3. The molecule has 1 saturated heterocycles. The summed E-state index contributed by atoms with van der Waals surface area (Å²) in [6, 6.07) is 9.22. The summed E-state index contributed by atoms with van der Waals surface area (Å²) in [6.45, 7) is 11.3. The van der Waals surface area contributed by atoms with Crippen molar-refractivity contribution in [1.82, 2.24) is 10.6 Å². The van der Waals surface area contributed by atoms with Gasteiger partial charge in [-0.3, -0.25) is 9.59 Å². The Balaban J connectivity index is 1.90. The van der Waals surface area contributed by atoms with E-state index in [2.05, 4.69) is 29.7 Å². The first-order chi connectivity index (χ1) is 21.8. The number of allylic oxidation sites excluding steroid dienone is 2. The number of amides is 2. The van der Waals surface area contributed by atoms with Gasteiger partial charge in [0, 0.05) is 17.8 Å². The zero-order chi connectivity index (χ0) is 34.1. The molecule has 0 bridgehead atoms. The van der Waals surface area contributed by atoms with E-state index < -0.39 is 40.6 Å². The minimum absolute atomic E-state index is 0.229. The first-order valence-corrected chi connectivity index (χ1v) is 17.7. The second-order valence-electron chi connectivity index (χ2n) is 14.2. The van der Waals surface area contributed by atoms with Gasteiger partial charge in [-0.15, -0.1) is 0 Å². The van der Waals surface area contributed by atoms with Crippen molar-refractivity contribution in [3.63, 3.8) is 0 Å². The number of carbonyl (C=O) groups excluding carboxylic acids is 2. The molecule has 2 rings (SSSR count). The van der Waals surface area contributed by atoms with Crippen LogP contribution >= 0.6 is 0 Å². The Morgan fingerprint density at radius 1 is 0.913 bits per heavy atom. The quantitative estimate of drug-likeness (QED) is 0.0871. The first kappa shape index (κ1) is 39.5. The standard InChI is InChI=1S/C38H62N2O6/c1-7-8-9-10-11-12-13-14-15-16-17-18-19-20-24-27-32(41)40-38(35(43)44,30(2)31-25-22-21-23-26-31)28-39-34(42)33-36(3,4)29-45-37(5,6)46-33/h14-15,21-23,25-26,30,33H,7-13,16-20,24,27-29H2,1-6H3,(H,39,42)(H,40,41)(H,43,44)/b15-14-. The minimum Gasteiger partial charge on any atom is -0.479 e. The molecule has 1 aliphatic rings. The van der Waals surface area contributed by atoms with E-state index in [4.69, 9.17) is 9.47 Å². The molecular weight excluding hydrogens is 580 g/mol. The molecule has 260 valence electrons.